The van der Waals surface area contributed by atoms with Crippen molar-refractivity contribution in [3.8, 4) is 11.5 Å². The Hall–Kier alpha value is -4.00. The number of hydrogen-bond acceptors (Lipinski definition) is 6. The monoisotopic (exact) mass is 461 g/mol. The normalized spacial score (nSPS) is 17.8. The number of amides is 1. The standard InChI is InChI=1S/C27H27NO6/c1-27(2,3)16-11-13-17(14-12-16)28-23(20-10-7-15-34-20)22(25(30)26(28)31)24(29)21-18(32-4)8-6-9-19(21)33-5/h6-15,23,29H,1-5H3/b24-22+. The van der Waals surface area contributed by atoms with Gasteiger partial charge >= 0.3 is 0 Å². The number of carbonyl (C=O) groups is 2. The van der Waals surface area contributed by atoms with E-state index < -0.39 is 23.5 Å². The number of furan rings is 1. The molecule has 0 aliphatic carbocycles. The molecule has 7 nitrogen and oxygen atoms in total. The van der Waals surface area contributed by atoms with E-state index in [4.69, 9.17) is 13.9 Å². The van der Waals surface area contributed by atoms with Crippen molar-refractivity contribution < 1.29 is 28.6 Å². The molecule has 0 saturated carbocycles. The highest BCUT2D eigenvalue weighted by molar-refractivity contribution is 6.51. The second-order valence-corrected chi connectivity index (χ2v) is 9.02. The summed E-state index contributed by atoms with van der Waals surface area (Å²) in [7, 11) is 2.90. The van der Waals surface area contributed by atoms with Crippen LogP contribution in [0.5, 0.6) is 11.5 Å². The van der Waals surface area contributed by atoms with Crippen LogP contribution in [0.4, 0.5) is 5.69 Å². The first-order valence-corrected chi connectivity index (χ1v) is 10.8. The molecule has 0 spiro atoms. The van der Waals surface area contributed by atoms with E-state index in [1.54, 1.807) is 42.5 Å². The minimum absolute atomic E-state index is 0.0759. The molecular weight excluding hydrogens is 434 g/mol. The van der Waals surface area contributed by atoms with E-state index in [2.05, 4.69) is 20.8 Å². The lowest BCUT2D eigenvalue weighted by Crippen LogP contribution is -2.29. The lowest BCUT2D eigenvalue weighted by atomic mass is 9.87. The summed E-state index contributed by atoms with van der Waals surface area (Å²) in [6, 6.07) is 14.8. The van der Waals surface area contributed by atoms with Gasteiger partial charge in [0.25, 0.3) is 11.7 Å². The second kappa shape index (κ2) is 8.74. The second-order valence-electron chi connectivity index (χ2n) is 9.02. The molecule has 7 heteroatoms. The van der Waals surface area contributed by atoms with Crippen molar-refractivity contribution in [2.45, 2.75) is 32.2 Å². The number of carbonyl (C=O) groups excluding carboxylic acids is 2. The van der Waals surface area contributed by atoms with Crippen LogP contribution < -0.4 is 14.4 Å². The van der Waals surface area contributed by atoms with Gasteiger partial charge in [-0.15, -0.1) is 0 Å². The highest BCUT2D eigenvalue weighted by Crippen LogP contribution is 2.45. The van der Waals surface area contributed by atoms with Gasteiger partial charge in [-0.25, -0.2) is 0 Å². The lowest BCUT2D eigenvalue weighted by Gasteiger charge is -2.25. The predicted molar refractivity (Wildman–Crippen MR) is 128 cm³/mol. The van der Waals surface area contributed by atoms with Crippen molar-refractivity contribution in [3.05, 3.63) is 83.3 Å². The number of Topliss-reactive ketones (excluding diaryl/α,β-unsaturated/α-hetero) is 1. The van der Waals surface area contributed by atoms with Crippen LogP contribution in [0.2, 0.25) is 0 Å². The SMILES string of the molecule is COc1cccc(OC)c1/C(O)=C1\C(=O)C(=O)N(c2ccc(C(C)(C)C)cc2)C1c1ccco1. The van der Waals surface area contributed by atoms with E-state index in [-0.39, 0.29) is 16.6 Å². The first-order valence-electron chi connectivity index (χ1n) is 10.8. The van der Waals surface area contributed by atoms with Gasteiger partial charge in [0.2, 0.25) is 0 Å². The number of aliphatic hydroxyl groups excluding tert-OH is 1. The van der Waals surface area contributed by atoms with Crippen molar-refractivity contribution >= 4 is 23.1 Å². The van der Waals surface area contributed by atoms with Gasteiger partial charge in [-0.1, -0.05) is 39.0 Å². The number of anilines is 1. The Balaban J connectivity index is 1.93. The van der Waals surface area contributed by atoms with Crippen molar-refractivity contribution in [2.24, 2.45) is 0 Å². The lowest BCUT2D eigenvalue weighted by molar-refractivity contribution is -0.132. The van der Waals surface area contributed by atoms with Crippen molar-refractivity contribution in [3.63, 3.8) is 0 Å². The number of hydrogen-bond donors (Lipinski definition) is 1. The van der Waals surface area contributed by atoms with Gasteiger partial charge < -0.3 is 19.0 Å². The molecule has 176 valence electrons. The molecule has 1 N–H and O–H groups in total. The van der Waals surface area contributed by atoms with Gasteiger partial charge in [-0.3, -0.25) is 14.5 Å². The Labute approximate surface area is 198 Å². The fraction of sp³-hybridized carbons (Fsp3) is 0.259. The van der Waals surface area contributed by atoms with Crippen LogP contribution in [0.1, 0.15) is 43.7 Å². The molecule has 4 rings (SSSR count). The molecule has 0 radical (unpaired) electrons. The van der Waals surface area contributed by atoms with E-state index in [0.29, 0.717) is 22.9 Å². The minimum Gasteiger partial charge on any atom is -0.506 e. The molecule has 2 aromatic carbocycles. The predicted octanol–water partition coefficient (Wildman–Crippen LogP) is 5.22. The quantitative estimate of drug-likeness (QED) is 0.318. The first kappa shape index (κ1) is 23.2. The number of nitrogens with zero attached hydrogens (tertiary/aromatic N) is 1. The van der Waals surface area contributed by atoms with Gasteiger partial charge in [0.1, 0.15) is 34.6 Å². The Bertz CT molecular complexity index is 1230. The van der Waals surface area contributed by atoms with Gasteiger partial charge in [-0.2, -0.15) is 0 Å². The van der Waals surface area contributed by atoms with Crippen molar-refractivity contribution in [1.29, 1.82) is 0 Å². The number of ether oxygens (including phenoxy) is 2. The largest absolute Gasteiger partial charge is 0.506 e. The minimum atomic E-state index is -0.967. The topological polar surface area (TPSA) is 89.2 Å². The summed E-state index contributed by atoms with van der Waals surface area (Å²) >= 11 is 0. The zero-order chi connectivity index (χ0) is 24.6. The van der Waals surface area contributed by atoms with Crippen molar-refractivity contribution in [1.82, 2.24) is 0 Å². The van der Waals surface area contributed by atoms with E-state index >= 15 is 0 Å². The van der Waals surface area contributed by atoms with Crippen LogP contribution in [0.25, 0.3) is 5.76 Å². The van der Waals surface area contributed by atoms with Crippen molar-refractivity contribution in [2.75, 3.05) is 19.1 Å². The molecule has 0 bridgehead atoms. The summed E-state index contributed by atoms with van der Waals surface area (Å²) in [5, 5.41) is 11.4. The Morgan fingerprint density at radius 1 is 0.941 bits per heavy atom. The highest BCUT2D eigenvalue weighted by Gasteiger charge is 2.48. The van der Waals surface area contributed by atoms with E-state index in [9.17, 15) is 14.7 Å². The fourth-order valence-corrected chi connectivity index (χ4v) is 4.16. The Morgan fingerprint density at radius 2 is 1.56 bits per heavy atom. The number of rotatable bonds is 5. The van der Waals surface area contributed by atoms with Crippen LogP contribution in [0.3, 0.4) is 0 Å². The highest BCUT2D eigenvalue weighted by atomic mass is 16.5. The average Bonchev–Trinajstić information content (AvgIpc) is 3.44. The number of aliphatic hydroxyl groups is 1. The summed E-state index contributed by atoms with van der Waals surface area (Å²) in [5.74, 6) is -1.05. The number of benzene rings is 2. The maximum absolute atomic E-state index is 13.3. The van der Waals surface area contributed by atoms with Crippen LogP contribution in [-0.2, 0) is 15.0 Å². The molecule has 1 fully saturated rings. The summed E-state index contributed by atoms with van der Waals surface area (Å²) in [4.78, 5) is 27.9. The fourth-order valence-electron chi connectivity index (χ4n) is 4.16. The zero-order valence-corrected chi connectivity index (χ0v) is 19.8. The van der Waals surface area contributed by atoms with Crippen LogP contribution in [0.15, 0.2) is 70.9 Å². The average molecular weight is 462 g/mol. The molecular formula is C27H27NO6. The van der Waals surface area contributed by atoms with E-state index in [0.717, 1.165) is 5.56 Å². The number of ketones is 1. The molecule has 2 heterocycles. The smallest absolute Gasteiger partial charge is 0.300 e. The molecule has 1 aromatic heterocycles. The molecule has 1 aliphatic rings. The molecule has 1 amide bonds. The van der Waals surface area contributed by atoms with Crippen LogP contribution in [-0.4, -0.2) is 31.0 Å². The maximum atomic E-state index is 13.3. The maximum Gasteiger partial charge on any atom is 0.300 e. The summed E-state index contributed by atoms with van der Waals surface area (Å²) in [5.41, 5.74) is 1.60. The summed E-state index contributed by atoms with van der Waals surface area (Å²) < 4.78 is 16.4. The summed E-state index contributed by atoms with van der Waals surface area (Å²) in [6.45, 7) is 6.28. The van der Waals surface area contributed by atoms with E-state index in [1.165, 1.54) is 25.4 Å². The molecule has 1 saturated heterocycles. The molecule has 34 heavy (non-hydrogen) atoms. The molecule has 3 aromatic rings. The van der Waals surface area contributed by atoms with Crippen LogP contribution in [0, 0.1) is 0 Å². The van der Waals surface area contributed by atoms with Gasteiger partial charge in [-0.05, 0) is 47.4 Å². The third kappa shape index (κ3) is 3.83. The third-order valence-corrected chi connectivity index (χ3v) is 5.93. The van der Waals surface area contributed by atoms with Gasteiger partial charge in [0.15, 0.2) is 0 Å². The number of methoxy groups -OCH3 is 2. The van der Waals surface area contributed by atoms with Gasteiger partial charge in [0.05, 0.1) is 26.1 Å². The Kier molecular flexibility index (Phi) is 5.96. The van der Waals surface area contributed by atoms with Gasteiger partial charge in [0, 0.05) is 5.69 Å². The molecule has 1 atom stereocenters. The molecule has 1 aliphatic heterocycles. The first-order chi connectivity index (χ1) is 16.2. The van der Waals surface area contributed by atoms with E-state index in [1.807, 2.05) is 12.1 Å². The third-order valence-electron chi connectivity index (χ3n) is 5.93. The molecule has 1 unspecified atom stereocenters. The summed E-state index contributed by atoms with van der Waals surface area (Å²) in [6.07, 6.45) is 1.46. The van der Waals surface area contributed by atoms with Crippen LogP contribution >= 0.6 is 0 Å². The Morgan fingerprint density at radius 3 is 2.06 bits per heavy atom. The zero-order valence-electron chi connectivity index (χ0n) is 19.8.